The Morgan fingerprint density at radius 2 is 1.86 bits per heavy atom. The molecule has 1 amide bonds. The number of benzene rings is 2. The maximum absolute atomic E-state index is 12.2. The van der Waals surface area contributed by atoms with Crippen molar-refractivity contribution in [3.05, 3.63) is 53.0 Å². The summed E-state index contributed by atoms with van der Waals surface area (Å²) in [7, 11) is 1.60. The monoisotopic (exact) mass is 348 g/mol. The van der Waals surface area contributed by atoms with Gasteiger partial charge in [0.1, 0.15) is 11.8 Å². The van der Waals surface area contributed by atoms with Crippen molar-refractivity contribution in [2.75, 3.05) is 17.7 Å². The maximum Gasteiger partial charge on any atom is 0.246 e. The lowest BCUT2D eigenvalue weighted by Crippen LogP contribution is -2.31. The Hall–Kier alpha value is -2.01. The summed E-state index contributed by atoms with van der Waals surface area (Å²) in [6, 6.07) is 14.6. The summed E-state index contributed by atoms with van der Waals surface area (Å²) >= 11 is 3.38. The molecule has 110 valence electrons. The Balaban J connectivity index is 1.97. The Kier molecular flexibility index (Phi) is 5.22. The Bertz CT molecular complexity index is 614. The zero-order chi connectivity index (χ0) is 15.2. The lowest BCUT2D eigenvalue weighted by atomic mass is 10.2. The van der Waals surface area contributed by atoms with Crippen molar-refractivity contribution in [2.24, 2.45) is 0 Å². The highest BCUT2D eigenvalue weighted by Crippen LogP contribution is 2.18. The molecule has 2 rings (SSSR count). The lowest BCUT2D eigenvalue weighted by molar-refractivity contribution is -0.116. The number of halogens is 1. The molecule has 0 aliphatic carbocycles. The summed E-state index contributed by atoms with van der Waals surface area (Å²) in [6.45, 7) is 1.82. The second kappa shape index (κ2) is 7.13. The number of nitrogens with one attached hydrogen (secondary N) is 2. The van der Waals surface area contributed by atoms with E-state index in [-0.39, 0.29) is 11.9 Å². The second-order valence-corrected chi connectivity index (χ2v) is 5.51. The van der Waals surface area contributed by atoms with Crippen molar-refractivity contribution in [1.29, 1.82) is 0 Å². The molecule has 0 spiro atoms. The molecule has 2 aromatic rings. The van der Waals surface area contributed by atoms with Gasteiger partial charge in [-0.3, -0.25) is 4.79 Å². The zero-order valence-electron chi connectivity index (χ0n) is 11.9. The van der Waals surface area contributed by atoms with Crippen LogP contribution in [0.2, 0.25) is 0 Å². The normalized spacial score (nSPS) is 11.6. The lowest BCUT2D eigenvalue weighted by Gasteiger charge is -2.15. The predicted octanol–water partition coefficient (Wildman–Crippen LogP) is 3.90. The van der Waals surface area contributed by atoms with Crippen molar-refractivity contribution in [2.45, 2.75) is 13.0 Å². The summed E-state index contributed by atoms with van der Waals surface area (Å²) in [5, 5.41) is 6.01. The van der Waals surface area contributed by atoms with Gasteiger partial charge < -0.3 is 15.4 Å². The van der Waals surface area contributed by atoms with E-state index in [4.69, 9.17) is 4.74 Å². The third-order valence-corrected chi connectivity index (χ3v) is 3.49. The number of carbonyl (C=O) groups excluding carboxylic acids is 1. The molecule has 0 saturated heterocycles. The topological polar surface area (TPSA) is 50.4 Å². The molecule has 2 N–H and O–H groups in total. The minimum atomic E-state index is -0.350. The minimum Gasteiger partial charge on any atom is -0.497 e. The molecule has 5 heteroatoms. The highest BCUT2D eigenvalue weighted by molar-refractivity contribution is 9.10. The molecular weight excluding hydrogens is 332 g/mol. The van der Waals surface area contributed by atoms with Gasteiger partial charge in [-0.1, -0.05) is 22.0 Å². The van der Waals surface area contributed by atoms with Gasteiger partial charge in [-0.05, 0) is 43.3 Å². The summed E-state index contributed by atoms with van der Waals surface area (Å²) < 4.78 is 6.13. The van der Waals surface area contributed by atoms with Gasteiger partial charge in [-0.25, -0.2) is 0 Å². The van der Waals surface area contributed by atoms with E-state index < -0.39 is 0 Å². The van der Waals surface area contributed by atoms with E-state index in [2.05, 4.69) is 26.6 Å². The van der Waals surface area contributed by atoms with Crippen molar-refractivity contribution < 1.29 is 9.53 Å². The molecule has 2 aromatic carbocycles. The van der Waals surface area contributed by atoms with Gasteiger partial charge in [-0.2, -0.15) is 0 Å². The van der Waals surface area contributed by atoms with Crippen LogP contribution in [0.5, 0.6) is 5.75 Å². The number of methoxy groups -OCH3 is 1. The van der Waals surface area contributed by atoms with Crippen molar-refractivity contribution in [3.8, 4) is 5.75 Å². The van der Waals surface area contributed by atoms with Crippen LogP contribution in [0.4, 0.5) is 11.4 Å². The largest absolute Gasteiger partial charge is 0.497 e. The van der Waals surface area contributed by atoms with E-state index in [1.54, 1.807) is 13.2 Å². The molecular formula is C16H17BrN2O2. The first-order chi connectivity index (χ1) is 10.1. The smallest absolute Gasteiger partial charge is 0.246 e. The molecule has 0 aliphatic heterocycles. The number of rotatable bonds is 5. The van der Waals surface area contributed by atoms with Crippen LogP contribution in [-0.4, -0.2) is 19.1 Å². The van der Waals surface area contributed by atoms with E-state index in [1.165, 1.54) is 0 Å². The van der Waals surface area contributed by atoms with E-state index in [0.717, 1.165) is 10.2 Å². The highest BCUT2D eigenvalue weighted by Gasteiger charge is 2.13. The molecule has 21 heavy (non-hydrogen) atoms. The van der Waals surface area contributed by atoms with E-state index in [1.807, 2.05) is 49.4 Å². The van der Waals surface area contributed by atoms with Crippen molar-refractivity contribution >= 4 is 33.2 Å². The summed E-state index contributed by atoms with van der Waals surface area (Å²) in [4.78, 5) is 12.2. The Morgan fingerprint density at radius 1 is 1.14 bits per heavy atom. The van der Waals surface area contributed by atoms with Gasteiger partial charge in [0.15, 0.2) is 0 Å². The van der Waals surface area contributed by atoms with Gasteiger partial charge in [-0.15, -0.1) is 0 Å². The van der Waals surface area contributed by atoms with Crippen LogP contribution in [0.3, 0.4) is 0 Å². The molecule has 0 saturated carbocycles. The highest BCUT2D eigenvalue weighted by atomic mass is 79.9. The average molecular weight is 349 g/mol. The number of hydrogen-bond donors (Lipinski definition) is 2. The van der Waals surface area contributed by atoms with E-state index >= 15 is 0 Å². The molecule has 0 fully saturated rings. The predicted molar refractivity (Wildman–Crippen MR) is 88.9 cm³/mol. The number of hydrogen-bond acceptors (Lipinski definition) is 3. The molecule has 0 bridgehead atoms. The van der Waals surface area contributed by atoms with Crippen LogP contribution in [0.25, 0.3) is 0 Å². The van der Waals surface area contributed by atoms with Crippen LogP contribution >= 0.6 is 15.9 Å². The fourth-order valence-electron chi connectivity index (χ4n) is 1.81. The van der Waals surface area contributed by atoms with Crippen molar-refractivity contribution in [3.63, 3.8) is 0 Å². The first kappa shape index (κ1) is 15.4. The average Bonchev–Trinajstić information content (AvgIpc) is 2.49. The SMILES string of the molecule is COc1cccc(NC(=O)[C@H](C)Nc2ccc(Br)cc2)c1. The van der Waals surface area contributed by atoms with Crippen molar-refractivity contribution in [1.82, 2.24) is 0 Å². The van der Waals surface area contributed by atoms with Gasteiger partial charge in [0.25, 0.3) is 0 Å². The third-order valence-electron chi connectivity index (χ3n) is 2.96. The zero-order valence-corrected chi connectivity index (χ0v) is 13.5. The van der Waals surface area contributed by atoms with E-state index in [0.29, 0.717) is 11.4 Å². The molecule has 1 atom stereocenters. The number of carbonyl (C=O) groups is 1. The van der Waals surface area contributed by atoms with Gasteiger partial charge in [0.05, 0.1) is 7.11 Å². The fourth-order valence-corrected chi connectivity index (χ4v) is 2.08. The number of anilines is 2. The van der Waals surface area contributed by atoms with Crippen LogP contribution < -0.4 is 15.4 Å². The molecule has 4 nitrogen and oxygen atoms in total. The number of ether oxygens (including phenoxy) is 1. The summed E-state index contributed by atoms with van der Waals surface area (Å²) in [6.07, 6.45) is 0. The first-order valence-electron chi connectivity index (χ1n) is 6.55. The van der Waals surface area contributed by atoms with Gasteiger partial charge >= 0.3 is 0 Å². The summed E-state index contributed by atoms with van der Waals surface area (Å²) in [5.74, 6) is 0.604. The summed E-state index contributed by atoms with van der Waals surface area (Å²) in [5.41, 5.74) is 1.61. The quantitative estimate of drug-likeness (QED) is 0.861. The maximum atomic E-state index is 12.2. The molecule has 0 unspecified atom stereocenters. The second-order valence-electron chi connectivity index (χ2n) is 4.59. The standard InChI is InChI=1S/C16H17BrN2O2/c1-11(18-13-8-6-12(17)7-9-13)16(20)19-14-4-3-5-15(10-14)21-2/h3-11,18H,1-2H3,(H,19,20)/t11-/m0/s1. The minimum absolute atomic E-state index is 0.105. The molecule has 0 aromatic heterocycles. The third kappa shape index (κ3) is 4.49. The van der Waals surface area contributed by atoms with Crippen LogP contribution in [0.1, 0.15) is 6.92 Å². The van der Waals surface area contributed by atoms with E-state index in [9.17, 15) is 4.79 Å². The van der Waals surface area contributed by atoms with Gasteiger partial charge in [0, 0.05) is 21.9 Å². The Labute approximate surface area is 132 Å². The fraction of sp³-hybridized carbons (Fsp3) is 0.188. The molecule has 0 aliphatic rings. The van der Waals surface area contributed by atoms with Crippen LogP contribution in [0.15, 0.2) is 53.0 Å². The Morgan fingerprint density at radius 3 is 2.52 bits per heavy atom. The number of amides is 1. The van der Waals surface area contributed by atoms with Crippen LogP contribution in [-0.2, 0) is 4.79 Å². The van der Waals surface area contributed by atoms with Crippen LogP contribution in [0, 0.1) is 0 Å². The molecule has 0 heterocycles. The molecule has 0 radical (unpaired) electrons. The first-order valence-corrected chi connectivity index (χ1v) is 7.35. The van der Waals surface area contributed by atoms with Gasteiger partial charge in [0.2, 0.25) is 5.91 Å².